The van der Waals surface area contributed by atoms with E-state index in [9.17, 15) is 35.8 Å². The first-order chi connectivity index (χ1) is 26.9. The standard InChI is InChI=1S/C44H50N2O8S3/c1-43(2)35-13-5-7-15-37(35)45(27-9-11-29-56(49,50)51)39(43)25-21-31-17-18-32(41(31)55-34-23-19-33(20-24-34)42(47)48)22-26-40-44(3,4)36-14-6-8-16-38(36)46(40)28-10-12-30-57(52,53)54/h5-8,13-16,19-26H,9-12,17-18,27-30H2,1-4H3,(H2-,47,48,49,50,51,52,53,54)/p-1. The van der Waals surface area contributed by atoms with Crippen molar-refractivity contribution in [3.05, 3.63) is 136 Å². The molecule has 3 aromatic carbocycles. The van der Waals surface area contributed by atoms with Crippen LogP contribution in [0.4, 0.5) is 11.4 Å². The third-order valence-corrected chi connectivity index (χ3v) is 13.9. The summed E-state index contributed by atoms with van der Waals surface area (Å²) in [5.41, 5.74) is 8.39. The van der Waals surface area contributed by atoms with Crippen LogP contribution in [-0.4, -0.2) is 71.9 Å². The molecule has 0 saturated carbocycles. The van der Waals surface area contributed by atoms with E-state index in [0.29, 0.717) is 25.9 Å². The van der Waals surface area contributed by atoms with Gasteiger partial charge in [-0.2, -0.15) is 4.58 Å². The highest BCUT2D eigenvalue weighted by molar-refractivity contribution is 8.03. The lowest BCUT2D eigenvalue weighted by molar-refractivity contribution is -0.438. The molecule has 0 spiro atoms. The third kappa shape index (κ3) is 9.72. The number of nitrogens with zero attached hydrogens (tertiary/aromatic N) is 2. The third-order valence-electron chi connectivity index (χ3n) is 11.1. The maximum absolute atomic E-state index is 11.6. The largest absolute Gasteiger partial charge is 0.748 e. The molecule has 13 heteroatoms. The number of thioether (sulfide) groups is 1. The maximum Gasteiger partial charge on any atom is 0.335 e. The van der Waals surface area contributed by atoms with E-state index in [0.717, 1.165) is 56.6 Å². The van der Waals surface area contributed by atoms with Crippen LogP contribution in [0.25, 0.3) is 0 Å². The summed E-state index contributed by atoms with van der Waals surface area (Å²) in [6, 6.07) is 23.3. The highest BCUT2D eigenvalue weighted by atomic mass is 32.2. The molecule has 3 aromatic rings. The second-order valence-electron chi connectivity index (χ2n) is 15.8. The summed E-state index contributed by atoms with van der Waals surface area (Å²) in [4.78, 5) is 15.8. The van der Waals surface area contributed by atoms with Crippen LogP contribution in [0, 0.1) is 0 Å². The van der Waals surface area contributed by atoms with E-state index in [1.165, 1.54) is 11.1 Å². The Morgan fingerprint density at radius 2 is 1.42 bits per heavy atom. The zero-order valence-corrected chi connectivity index (χ0v) is 35.2. The fourth-order valence-electron chi connectivity index (χ4n) is 8.16. The SMILES string of the molecule is CC1(C)C(/C=C/C2=C(Sc3ccc(C(=O)O)cc3)C(=C/C=C3/N(CCCCS(=O)(=O)[O-])c4ccccc4C3(C)C)/CC2)=[N+](CCCCS(=O)(=O)[O-])c2ccccc21. The molecule has 57 heavy (non-hydrogen) atoms. The van der Waals surface area contributed by atoms with Gasteiger partial charge in [-0.25, -0.2) is 21.6 Å². The van der Waals surface area contributed by atoms with Crippen LogP contribution in [-0.2, 0) is 31.1 Å². The molecule has 0 saturated heterocycles. The summed E-state index contributed by atoms with van der Waals surface area (Å²) in [7, 11) is -8.59. The van der Waals surface area contributed by atoms with E-state index in [1.54, 1.807) is 23.9 Å². The second kappa shape index (κ2) is 16.9. The van der Waals surface area contributed by atoms with Crippen LogP contribution in [0.3, 0.4) is 0 Å². The minimum absolute atomic E-state index is 0.212. The molecule has 0 amide bonds. The lowest BCUT2D eigenvalue weighted by Crippen LogP contribution is -2.28. The predicted molar refractivity (Wildman–Crippen MR) is 224 cm³/mol. The van der Waals surface area contributed by atoms with Gasteiger partial charge in [-0.15, -0.1) is 0 Å². The first-order valence-electron chi connectivity index (χ1n) is 19.2. The molecule has 0 bridgehead atoms. The Labute approximate surface area is 340 Å². The van der Waals surface area contributed by atoms with Crippen LogP contribution in [0.15, 0.2) is 124 Å². The van der Waals surface area contributed by atoms with Crippen LogP contribution in [0.5, 0.6) is 0 Å². The number of aromatic carboxylic acids is 1. The van der Waals surface area contributed by atoms with Crippen molar-refractivity contribution >= 4 is 55.1 Å². The summed E-state index contributed by atoms with van der Waals surface area (Å²) in [5.74, 6) is -1.77. The lowest BCUT2D eigenvalue weighted by Gasteiger charge is -2.27. The first kappa shape index (κ1) is 42.3. The molecule has 10 nitrogen and oxygen atoms in total. The molecule has 0 unspecified atom stereocenters. The van der Waals surface area contributed by atoms with Gasteiger partial charge in [0.2, 0.25) is 5.69 Å². The van der Waals surface area contributed by atoms with Crippen molar-refractivity contribution in [1.29, 1.82) is 0 Å². The van der Waals surface area contributed by atoms with E-state index in [-0.39, 0.29) is 29.2 Å². The summed E-state index contributed by atoms with van der Waals surface area (Å²) in [5, 5.41) is 9.52. The van der Waals surface area contributed by atoms with Crippen molar-refractivity contribution in [3.63, 3.8) is 0 Å². The number of carbonyl (C=O) groups is 1. The Bertz CT molecular complexity index is 2420. The number of para-hydroxylation sites is 2. The van der Waals surface area contributed by atoms with Gasteiger partial charge in [-0.3, -0.25) is 0 Å². The number of anilines is 1. The monoisotopic (exact) mass is 829 g/mol. The molecule has 302 valence electrons. The van der Waals surface area contributed by atoms with Crippen molar-refractivity contribution < 1.29 is 40.4 Å². The van der Waals surface area contributed by atoms with E-state index in [2.05, 4.69) is 85.7 Å². The Hall–Kier alpha value is -4.27. The van der Waals surface area contributed by atoms with Gasteiger partial charge in [0.1, 0.15) is 6.54 Å². The van der Waals surface area contributed by atoms with Crippen LogP contribution in [0.2, 0.25) is 0 Å². The number of benzene rings is 3. The smallest absolute Gasteiger partial charge is 0.335 e. The number of carboxylic acids is 1. The summed E-state index contributed by atoms with van der Waals surface area (Å²) in [6.07, 6.45) is 11.9. The fraction of sp³-hybridized carbons (Fsp3) is 0.364. The Balaban J connectivity index is 1.39. The minimum atomic E-state index is -4.30. The number of carboxylic acid groups (broad SMARTS) is 1. The molecular formula is C44H49N2O8S3-. The quantitative estimate of drug-likeness (QED) is 0.0844. The van der Waals surface area contributed by atoms with E-state index in [4.69, 9.17) is 0 Å². The molecular weight excluding hydrogens is 781 g/mol. The number of allylic oxidation sites excluding steroid dienone is 7. The number of unbranched alkanes of at least 4 members (excludes halogenated alkanes) is 2. The predicted octanol–water partition coefficient (Wildman–Crippen LogP) is 8.42. The van der Waals surface area contributed by atoms with E-state index in [1.807, 2.05) is 36.4 Å². The number of hydrogen-bond acceptors (Lipinski definition) is 9. The normalized spacial score (nSPS) is 19.0. The summed E-state index contributed by atoms with van der Waals surface area (Å²) < 4.78 is 70.2. The zero-order valence-electron chi connectivity index (χ0n) is 32.7. The fourth-order valence-corrected chi connectivity index (χ4v) is 10.4. The molecule has 0 atom stereocenters. The van der Waals surface area contributed by atoms with Gasteiger partial charge in [0.25, 0.3) is 0 Å². The van der Waals surface area contributed by atoms with E-state index >= 15 is 0 Å². The molecule has 6 rings (SSSR count). The molecule has 1 aliphatic carbocycles. The topological polar surface area (TPSA) is 158 Å². The number of rotatable bonds is 16. The lowest BCUT2D eigenvalue weighted by atomic mass is 9.81. The molecule has 2 aliphatic heterocycles. The second-order valence-corrected chi connectivity index (χ2v) is 19.9. The summed E-state index contributed by atoms with van der Waals surface area (Å²) >= 11 is 1.60. The average molecular weight is 830 g/mol. The van der Waals surface area contributed by atoms with Gasteiger partial charge >= 0.3 is 5.97 Å². The Morgan fingerprint density at radius 3 is 2.09 bits per heavy atom. The van der Waals surface area contributed by atoms with Gasteiger partial charge in [0.05, 0.1) is 31.2 Å². The Kier molecular flexibility index (Phi) is 12.6. The van der Waals surface area contributed by atoms with Crippen LogP contribution in [0.1, 0.15) is 87.7 Å². The van der Waals surface area contributed by atoms with Crippen molar-refractivity contribution in [2.45, 2.75) is 81.9 Å². The molecule has 2 heterocycles. The van der Waals surface area contributed by atoms with Crippen LogP contribution < -0.4 is 4.90 Å². The average Bonchev–Trinajstić information content (AvgIpc) is 3.70. The molecule has 0 radical (unpaired) electrons. The van der Waals surface area contributed by atoms with Crippen LogP contribution >= 0.6 is 11.8 Å². The van der Waals surface area contributed by atoms with Crippen molar-refractivity contribution in [1.82, 2.24) is 0 Å². The summed E-state index contributed by atoms with van der Waals surface area (Å²) in [6.45, 7) is 9.85. The highest BCUT2D eigenvalue weighted by Gasteiger charge is 2.44. The van der Waals surface area contributed by atoms with Gasteiger partial charge in [0, 0.05) is 68.8 Å². The number of hydrogen-bond donors (Lipinski definition) is 1. The minimum Gasteiger partial charge on any atom is -0.748 e. The Morgan fingerprint density at radius 1 is 0.789 bits per heavy atom. The van der Waals surface area contributed by atoms with Gasteiger partial charge in [-0.1, -0.05) is 74.2 Å². The highest BCUT2D eigenvalue weighted by Crippen LogP contribution is 2.49. The van der Waals surface area contributed by atoms with E-state index < -0.39 is 37.7 Å². The molecule has 1 N–H and O–H groups in total. The first-order valence-corrected chi connectivity index (χ1v) is 23.2. The van der Waals surface area contributed by atoms with Gasteiger partial charge in [-0.05, 0) is 99.1 Å². The maximum atomic E-state index is 11.6. The molecule has 3 aliphatic rings. The molecule has 0 aromatic heterocycles. The van der Waals surface area contributed by atoms with Crippen molar-refractivity contribution in [3.8, 4) is 0 Å². The van der Waals surface area contributed by atoms with Gasteiger partial charge in [0.15, 0.2) is 5.71 Å². The van der Waals surface area contributed by atoms with Crippen molar-refractivity contribution in [2.24, 2.45) is 0 Å². The van der Waals surface area contributed by atoms with Gasteiger partial charge < -0.3 is 19.1 Å². The van der Waals surface area contributed by atoms with Crippen molar-refractivity contribution in [2.75, 3.05) is 29.5 Å². The zero-order chi connectivity index (χ0) is 41.2. The molecule has 0 fully saturated rings. The number of fused-ring (bicyclic) bond motifs is 2.